The Hall–Kier alpha value is -3.39. The van der Waals surface area contributed by atoms with E-state index in [0.29, 0.717) is 57.1 Å². The van der Waals surface area contributed by atoms with Gasteiger partial charge in [0.1, 0.15) is 17.7 Å². The van der Waals surface area contributed by atoms with E-state index in [2.05, 4.69) is 4.98 Å². The zero-order chi connectivity index (χ0) is 25.2. The highest BCUT2D eigenvalue weighted by molar-refractivity contribution is 5.99. The number of piperidine rings is 1. The summed E-state index contributed by atoms with van der Waals surface area (Å²) >= 11 is 0. The summed E-state index contributed by atoms with van der Waals surface area (Å²) in [4.78, 5) is 33.6. The number of hydrogen-bond donors (Lipinski definition) is 1. The third-order valence-corrected chi connectivity index (χ3v) is 7.41. The van der Waals surface area contributed by atoms with E-state index in [1.807, 2.05) is 41.8 Å². The van der Waals surface area contributed by atoms with E-state index in [1.165, 1.54) is 12.1 Å². The number of carbonyl (C=O) groups excluding carboxylic acids is 2. The molecule has 2 aliphatic rings. The van der Waals surface area contributed by atoms with Crippen LogP contribution in [0.25, 0.3) is 10.9 Å². The van der Waals surface area contributed by atoms with Gasteiger partial charge in [-0.25, -0.2) is 4.39 Å². The zero-order valence-corrected chi connectivity index (χ0v) is 20.8. The van der Waals surface area contributed by atoms with Crippen molar-refractivity contribution >= 4 is 22.7 Å². The van der Waals surface area contributed by atoms with Gasteiger partial charge in [-0.15, -0.1) is 0 Å². The normalized spacial score (nSPS) is 20.5. The van der Waals surface area contributed by atoms with Gasteiger partial charge in [0.2, 0.25) is 5.91 Å². The minimum absolute atomic E-state index is 0.0424. The second kappa shape index (κ2) is 10.3. The minimum Gasteiger partial charge on any atom is -0.490 e. The molecule has 190 valence electrons. The van der Waals surface area contributed by atoms with E-state index in [-0.39, 0.29) is 36.1 Å². The molecule has 3 heterocycles. The highest BCUT2D eigenvalue weighted by atomic mass is 19.1. The maximum Gasteiger partial charge on any atom is 0.253 e. The van der Waals surface area contributed by atoms with Crippen molar-refractivity contribution < 1.29 is 23.5 Å². The first kappa shape index (κ1) is 24.3. The molecule has 0 bridgehead atoms. The number of likely N-dealkylation sites (tertiary alicyclic amines) is 1. The number of fused-ring (bicyclic) bond motifs is 1. The molecule has 0 unspecified atom stereocenters. The van der Waals surface area contributed by atoms with Gasteiger partial charge in [-0.05, 0) is 61.9 Å². The first-order valence-electron chi connectivity index (χ1n) is 12.5. The fraction of sp³-hybridized carbons (Fsp3) is 0.429. The Morgan fingerprint density at radius 2 is 1.81 bits per heavy atom. The number of hydrogen-bond acceptors (Lipinski definition) is 4. The molecule has 5 rings (SSSR count). The first-order valence-corrected chi connectivity index (χ1v) is 12.5. The summed E-state index contributed by atoms with van der Waals surface area (Å²) < 4.78 is 25.0. The van der Waals surface area contributed by atoms with E-state index in [0.717, 1.165) is 22.2 Å². The lowest BCUT2D eigenvalue weighted by molar-refractivity contribution is -0.137. The summed E-state index contributed by atoms with van der Waals surface area (Å²) in [6.07, 6.45) is 0.626. The monoisotopic (exact) mass is 493 g/mol. The molecule has 7 nitrogen and oxygen atoms in total. The maximum atomic E-state index is 13.5. The first-order chi connectivity index (χ1) is 17.4. The molecule has 1 N–H and O–H groups in total. The van der Waals surface area contributed by atoms with Crippen LogP contribution in [-0.4, -0.2) is 72.1 Å². The number of aromatic amines is 1. The Kier molecular flexibility index (Phi) is 6.96. The molecule has 0 spiro atoms. The number of nitrogens with one attached hydrogen (secondary N) is 1. The van der Waals surface area contributed by atoms with Gasteiger partial charge in [-0.2, -0.15) is 0 Å². The van der Waals surface area contributed by atoms with E-state index in [1.54, 1.807) is 12.1 Å². The summed E-state index contributed by atoms with van der Waals surface area (Å²) in [7, 11) is 0. The van der Waals surface area contributed by atoms with Crippen molar-refractivity contribution in [3.05, 3.63) is 65.1 Å². The van der Waals surface area contributed by atoms with E-state index in [9.17, 15) is 14.0 Å². The summed E-state index contributed by atoms with van der Waals surface area (Å²) in [5.74, 6) is 0.0628. The van der Waals surface area contributed by atoms with E-state index < -0.39 is 0 Å². The molecule has 2 amide bonds. The lowest BCUT2D eigenvalue weighted by Gasteiger charge is -2.39. The maximum absolute atomic E-state index is 13.5. The molecule has 2 aromatic carbocycles. The number of nitrogens with zero attached hydrogens (tertiary/aromatic N) is 2. The number of aryl methyl sites for hydroxylation is 2. The van der Waals surface area contributed by atoms with Crippen LogP contribution < -0.4 is 4.74 Å². The number of H-pyrrole nitrogens is 1. The van der Waals surface area contributed by atoms with Crippen molar-refractivity contribution in [2.24, 2.45) is 5.92 Å². The predicted molar refractivity (Wildman–Crippen MR) is 135 cm³/mol. The van der Waals surface area contributed by atoms with Crippen molar-refractivity contribution in [2.75, 3.05) is 39.4 Å². The van der Waals surface area contributed by atoms with Crippen molar-refractivity contribution in [3.8, 4) is 5.75 Å². The van der Waals surface area contributed by atoms with E-state index in [4.69, 9.17) is 9.47 Å². The SMILES string of the molecule is Cc1[nH]c2ccc(C(=O)N3CC[C@H](Oc4ccc(F)cc4)[C@@H](CC(=O)N4CCOCC4)C3)cc2c1C. The van der Waals surface area contributed by atoms with Crippen LogP contribution in [0, 0.1) is 25.6 Å². The molecule has 3 aromatic rings. The van der Waals surface area contributed by atoms with Crippen LogP contribution in [-0.2, 0) is 9.53 Å². The van der Waals surface area contributed by atoms with Crippen LogP contribution >= 0.6 is 0 Å². The lowest BCUT2D eigenvalue weighted by Crippen LogP contribution is -2.50. The van der Waals surface area contributed by atoms with Gasteiger partial charge in [-0.3, -0.25) is 9.59 Å². The standard InChI is InChI=1S/C28H32FN3O4/c1-18-19(2)30-25-8-3-20(15-24(18)25)28(34)32-10-9-26(36-23-6-4-22(29)5-7-23)21(17-32)16-27(33)31-11-13-35-14-12-31/h3-8,15,21,26,30H,9-14,16-17H2,1-2H3/t21-,26-/m0/s1. The van der Waals surface area contributed by atoms with Gasteiger partial charge in [0.15, 0.2) is 0 Å². The van der Waals surface area contributed by atoms with Gasteiger partial charge in [0, 0.05) is 67.1 Å². The van der Waals surface area contributed by atoms with Gasteiger partial charge >= 0.3 is 0 Å². The summed E-state index contributed by atoms with van der Waals surface area (Å²) in [6.45, 7) is 7.25. The van der Waals surface area contributed by atoms with Crippen LogP contribution in [0.1, 0.15) is 34.5 Å². The lowest BCUT2D eigenvalue weighted by atomic mass is 9.90. The Labute approximate surface area is 210 Å². The molecule has 0 saturated carbocycles. The number of aromatic nitrogens is 1. The molecule has 2 aliphatic heterocycles. The number of halogens is 1. The number of morpholine rings is 1. The van der Waals surface area contributed by atoms with Gasteiger partial charge < -0.3 is 24.3 Å². The van der Waals surface area contributed by atoms with Gasteiger partial charge in [0.25, 0.3) is 5.91 Å². The van der Waals surface area contributed by atoms with Crippen molar-refractivity contribution in [1.82, 2.24) is 14.8 Å². The molecular weight excluding hydrogens is 461 g/mol. The molecule has 8 heteroatoms. The van der Waals surface area contributed by atoms with Crippen LogP contribution in [0.5, 0.6) is 5.75 Å². The second-order valence-electron chi connectivity index (χ2n) is 9.74. The molecule has 2 atom stereocenters. The van der Waals surface area contributed by atoms with Crippen LogP contribution in [0.3, 0.4) is 0 Å². The molecule has 1 aromatic heterocycles. The fourth-order valence-electron chi connectivity index (χ4n) is 5.18. The second-order valence-corrected chi connectivity index (χ2v) is 9.74. The smallest absolute Gasteiger partial charge is 0.253 e. The van der Waals surface area contributed by atoms with Crippen LogP contribution in [0.15, 0.2) is 42.5 Å². The van der Waals surface area contributed by atoms with E-state index >= 15 is 0 Å². The highest BCUT2D eigenvalue weighted by Gasteiger charge is 2.36. The number of ether oxygens (including phenoxy) is 2. The number of carbonyl (C=O) groups is 2. The molecule has 36 heavy (non-hydrogen) atoms. The molecule has 2 saturated heterocycles. The minimum atomic E-state index is -0.327. The number of rotatable bonds is 5. The third kappa shape index (κ3) is 5.09. The molecule has 0 radical (unpaired) electrons. The summed E-state index contributed by atoms with van der Waals surface area (Å²) in [5, 5.41) is 1.05. The fourth-order valence-corrected chi connectivity index (χ4v) is 5.18. The average molecular weight is 494 g/mol. The average Bonchev–Trinajstić information content (AvgIpc) is 3.19. The Morgan fingerprint density at radius 3 is 2.56 bits per heavy atom. The molecule has 0 aliphatic carbocycles. The van der Waals surface area contributed by atoms with Crippen LogP contribution in [0.4, 0.5) is 4.39 Å². The Balaban J connectivity index is 1.34. The van der Waals surface area contributed by atoms with Gasteiger partial charge in [-0.1, -0.05) is 0 Å². The topological polar surface area (TPSA) is 74.9 Å². The molecular formula is C28H32FN3O4. The zero-order valence-electron chi connectivity index (χ0n) is 20.8. The number of amides is 2. The number of benzene rings is 2. The molecule has 2 fully saturated rings. The van der Waals surface area contributed by atoms with Crippen molar-refractivity contribution in [1.29, 1.82) is 0 Å². The van der Waals surface area contributed by atoms with Gasteiger partial charge in [0.05, 0.1) is 13.2 Å². The summed E-state index contributed by atoms with van der Waals surface area (Å²) in [6, 6.07) is 11.7. The predicted octanol–water partition coefficient (Wildman–Crippen LogP) is 4.08. The highest BCUT2D eigenvalue weighted by Crippen LogP contribution is 2.29. The van der Waals surface area contributed by atoms with Crippen molar-refractivity contribution in [2.45, 2.75) is 32.8 Å². The van der Waals surface area contributed by atoms with Crippen LogP contribution in [0.2, 0.25) is 0 Å². The third-order valence-electron chi connectivity index (χ3n) is 7.41. The van der Waals surface area contributed by atoms with Crippen molar-refractivity contribution in [3.63, 3.8) is 0 Å². The quantitative estimate of drug-likeness (QED) is 0.581. The summed E-state index contributed by atoms with van der Waals surface area (Å²) in [5.41, 5.74) is 3.89. The Bertz CT molecular complexity index is 1250. The largest absolute Gasteiger partial charge is 0.490 e. The Morgan fingerprint density at radius 1 is 1.06 bits per heavy atom.